The molecule has 0 spiro atoms. The highest BCUT2D eigenvalue weighted by molar-refractivity contribution is 7.99. The maximum Gasteiger partial charge on any atom is 0.307 e. The van der Waals surface area contributed by atoms with Crippen molar-refractivity contribution in [3.8, 4) is 5.75 Å². The highest BCUT2D eigenvalue weighted by Crippen LogP contribution is 2.43. The van der Waals surface area contributed by atoms with E-state index in [-0.39, 0.29) is 17.1 Å². The van der Waals surface area contributed by atoms with E-state index in [1.165, 1.54) is 0 Å². The Balaban J connectivity index is 1.33. The molecule has 0 radical (unpaired) electrons. The number of carboxylic acids is 1. The molecule has 1 unspecified atom stereocenters. The van der Waals surface area contributed by atoms with Crippen molar-refractivity contribution in [2.45, 2.75) is 57.0 Å². The van der Waals surface area contributed by atoms with Crippen LogP contribution in [0.2, 0.25) is 5.02 Å². The van der Waals surface area contributed by atoms with Crippen molar-refractivity contribution in [3.05, 3.63) is 106 Å². The smallest absolute Gasteiger partial charge is 0.307 e. The number of nitrogens with zero attached hydrogens (tertiary/aromatic N) is 1. The molecule has 0 saturated heterocycles. The Morgan fingerprint density at radius 1 is 1.07 bits per heavy atom. The number of aliphatic carboxylic acids is 1. The fraction of sp³-hybridized carbons (Fsp3) is 0.353. The first-order valence-corrected chi connectivity index (χ1v) is 15.5. The molecule has 2 N–H and O–H groups in total. The van der Waals surface area contributed by atoms with Gasteiger partial charge in [0.2, 0.25) is 0 Å². The van der Waals surface area contributed by atoms with Gasteiger partial charge in [-0.3, -0.25) is 4.79 Å². The van der Waals surface area contributed by atoms with E-state index in [2.05, 4.69) is 18.2 Å². The molecule has 214 valence electrons. The lowest BCUT2D eigenvalue weighted by Gasteiger charge is -2.24. The van der Waals surface area contributed by atoms with Gasteiger partial charge in [0.25, 0.3) is 0 Å². The molecule has 1 heterocycles. The fourth-order valence-corrected chi connectivity index (χ4v) is 6.91. The lowest BCUT2D eigenvalue weighted by Crippen LogP contribution is -2.19. The normalized spacial score (nSPS) is 15.0. The molecular weight excluding hydrogens is 554 g/mol. The van der Waals surface area contributed by atoms with Crippen molar-refractivity contribution in [3.63, 3.8) is 0 Å². The van der Waals surface area contributed by atoms with Gasteiger partial charge in [-0.2, -0.15) is 11.8 Å². The maximum atomic E-state index is 12.0. The molecule has 1 fully saturated rings. The first-order valence-electron chi connectivity index (χ1n) is 14.1. The summed E-state index contributed by atoms with van der Waals surface area (Å²) in [6.07, 6.45) is 3.58. The van der Waals surface area contributed by atoms with E-state index in [0.29, 0.717) is 17.4 Å². The molecule has 0 aliphatic heterocycles. The lowest BCUT2D eigenvalue weighted by atomic mass is 9.90. The molecule has 2 atom stereocenters. The Morgan fingerprint density at radius 2 is 1.85 bits per heavy atom. The quantitative estimate of drug-likeness (QED) is 0.164. The number of halogens is 1. The van der Waals surface area contributed by atoms with Crippen molar-refractivity contribution in [2.24, 2.45) is 11.8 Å². The third kappa shape index (κ3) is 7.82. The molecule has 5 nitrogen and oxygen atoms in total. The number of carbonyl (C=O) groups is 1. The molecule has 0 bridgehead atoms. The number of hydrogen-bond donors (Lipinski definition) is 2. The van der Waals surface area contributed by atoms with Crippen LogP contribution in [0.5, 0.6) is 5.75 Å². The van der Waals surface area contributed by atoms with Crippen LogP contribution >= 0.6 is 23.4 Å². The minimum Gasteiger partial charge on any atom is -0.487 e. The highest BCUT2D eigenvalue weighted by Gasteiger charge is 2.36. The van der Waals surface area contributed by atoms with Gasteiger partial charge in [-0.1, -0.05) is 60.1 Å². The van der Waals surface area contributed by atoms with Crippen molar-refractivity contribution in [2.75, 3.05) is 5.75 Å². The number of aryl methyl sites for hydroxylation is 1. The van der Waals surface area contributed by atoms with Crippen molar-refractivity contribution in [1.29, 1.82) is 0 Å². The van der Waals surface area contributed by atoms with E-state index in [1.807, 2.05) is 74.5 Å². The number of ether oxygens (including phenoxy) is 1. The number of aliphatic hydroxyl groups is 1. The van der Waals surface area contributed by atoms with Crippen LogP contribution < -0.4 is 4.74 Å². The minimum atomic E-state index is -0.935. The van der Waals surface area contributed by atoms with Gasteiger partial charge in [-0.05, 0) is 92.5 Å². The van der Waals surface area contributed by atoms with Crippen LogP contribution in [-0.2, 0) is 23.4 Å². The van der Waals surface area contributed by atoms with Crippen LogP contribution in [0.25, 0.3) is 10.9 Å². The van der Waals surface area contributed by atoms with Crippen molar-refractivity contribution < 1.29 is 19.7 Å². The summed E-state index contributed by atoms with van der Waals surface area (Å²) in [5.41, 5.74) is 3.84. The van der Waals surface area contributed by atoms with Crippen LogP contribution in [0.4, 0.5) is 0 Å². The zero-order chi connectivity index (χ0) is 29.0. The SMILES string of the molecule is CC(C)(O)c1ccccc1CC[C@H](SCC(C(=O)O)C1CC1)c1cccc(OCc2ccc3ccc(Cl)cc3n2)c1. The Labute approximate surface area is 250 Å². The standard InChI is InChI=1S/C34H36ClNO4S/c1-34(2,39)30-9-4-3-6-23(30)14-17-32(41-21-29(33(37)38)22-10-11-22)25-7-5-8-28(18-25)40-20-27-16-13-24-12-15-26(35)19-31(24)36-27/h3-9,12-13,15-16,18-19,22,29,32,39H,10-11,14,17,20-21H2,1-2H3,(H,37,38)/t29?,32-/m0/s1. The van der Waals surface area contributed by atoms with Gasteiger partial charge < -0.3 is 14.9 Å². The molecule has 4 aromatic rings. The number of aromatic nitrogens is 1. The molecular formula is C34H36ClNO4S. The summed E-state index contributed by atoms with van der Waals surface area (Å²) in [6.45, 7) is 3.95. The summed E-state index contributed by atoms with van der Waals surface area (Å²) in [5.74, 6) is 0.586. The van der Waals surface area contributed by atoms with E-state index < -0.39 is 11.6 Å². The Bertz CT molecular complexity index is 1510. The average molecular weight is 590 g/mol. The van der Waals surface area contributed by atoms with Crippen LogP contribution in [0, 0.1) is 11.8 Å². The second-order valence-corrected chi connectivity index (χ2v) is 13.0. The van der Waals surface area contributed by atoms with Crippen molar-refractivity contribution >= 4 is 40.2 Å². The van der Waals surface area contributed by atoms with Crippen LogP contribution in [-0.4, -0.2) is 26.9 Å². The topological polar surface area (TPSA) is 79.7 Å². The Kier molecular flexibility index (Phi) is 9.22. The number of carboxylic acid groups (broad SMARTS) is 1. The average Bonchev–Trinajstić information content (AvgIpc) is 3.78. The van der Waals surface area contributed by atoms with E-state index in [0.717, 1.165) is 64.7 Å². The fourth-order valence-electron chi connectivity index (χ4n) is 5.27. The maximum absolute atomic E-state index is 12.0. The van der Waals surface area contributed by atoms with Crippen LogP contribution in [0.15, 0.2) is 78.9 Å². The van der Waals surface area contributed by atoms with Gasteiger partial charge in [0.05, 0.1) is 22.7 Å². The Hall–Kier alpha value is -3.06. The molecule has 1 aliphatic rings. The van der Waals surface area contributed by atoms with Crippen LogP contribution in [0.3, 0.4) is 0 Å². The molecule has 1 aromatic heterocycles. The van der Waals surface area contributed by atoms with Gasteiger partial charge in [0, 0.05) is 21.4 Å². The summed E-state index contributed by atoms with van der Waals surface area (Å²) in [4.78, 5) is 16.7. The molecule has 5 rings (SSSR count). The van der Waals surface area contributed by atoms with E-state index >= 15 is 0 Å². The van der Waals surface area contributed by atoms with Gasteiger partial charge in [-0.25, -0.2) is 4.98 Å². The number of pyridine rings is 1. The molecule has 7 heteroatoms. The van der Waals surface area contributed by atoms with Crippen molar-refractivity contribution in [1.82, 2.24) is 4.98 Å². The predicted octanol–water partition coefficient (Wildman–Crippen LogP) is 8.21. The monoisotopic (exact) mass is 589 g/mol. The lowest BCUT2D eigenvalue weighted by molar-refractivity contribution is -0.141. The van der Waals surface area contributed by atoms with Gasteiger partial charge >= 0.3 is 5.97 Å². The Morgan fingerprint density at radius 3 is 2.61 bits per heavy atom. The second-order valence-electron chi connectivity index (χ2n) is 11.4. The number of fused-ring (bicyclic) bond motifs is 1. The molecule has 3 aromatic carbocycles. The number of thioether (sulfide) groups is 1. The highest BCUT2D eigenvalue weighted by atomic mass is 35.5. The third-order valence-corrected chi connectivity index (χ3v) is 9.36. The molecule has 0 amide bonds. The molecule has 1 aliphatic carbocycles. The number of benzene rings is 3. The summed E-state index contributed by atoms with van der Waals surface area (Å²) in [5, 5.41) is 22.3. The molecule has 1 saturated carbocycles. The number of rotatable bonds is 13. The van der Waals surface area contributed by atoms with Crippen LogP contribution in [0.1, 0.15) is 60.7 Å². The predicted molar refractivity (Wildman–Crippen MR) is 167 cm³/mol. The first-order chi connectivity index (χ1) is 19.7. The summed E-state index contributed by atoms with van der Waals surface area (Å²) in [7, 11) is 0. The summed E-state index contributed by atoms with van der Waals surface area (Å²) < 4.78 is 6.17. The largest absolute Gasteiger partial charge is 0.487 e. The molecule has 41 heavy (non-hydrogen) atoms. The summed E-state index contributed by atoms with van der Waals surface area (Å²) >= 11 is 7.87. The van der Waals surface area contributed by atoms with E-state index in [4.69, 9.17) is 21.3 Å². The first kappa shape index (κ1) is 29.4. The zero-order valence-corrected chi connectivity index (χ0v) is 25.0. The zero-order valence-electron chi connectivity index (χ0n) is 23.4. The van der Waals surface area contributed by atoms with E-state index in [1.54, 1.807) is 11.8 Å². The van der Waals surface area contributed by atoms with Gasteiger partial charge in [0.15, 0.2) is 0 Å². The number of hydrogen-bond acceptors (Lipinski definition) is 5. The summed E-state index contributed by atoms with van der Waals surface area (Å²) in [6, 6.07) is 25.7. The van der Waals surface area contributed by atoms with E-state index in [9.17, 15) is 15.0 Å². The second kappa shape index (κ2) is 12.8. The minimum absolute atomic E-state index is 0.0787. The van der Waals surface area contributed by atoms with Gasteiger partial charge in [-0.15, -0.1) is 0 Å². The van der Waals surface area contributed by atoms with Gasteiger partial charge in [0.1, 0.15) is 12.4 Å². The third-order valence-electron chi connectivity index (χ3n) is 7.67.